The maximum Gasteiger partial charge on any atom is 0.272 e. The van der Waals surface area contributed by atoms with Gasteiger partial charge in [-0.25, -0.2) is 0 Å². The highest BCUT2D eigenvalue weighted by Gasteiger charge is 2.43. The summed E-state index contributed by atoms with van der Waals surface area (Å²) in [5, 5.41) is 0. The second-order valence-corrected chi connectivity index (χ2v) is 9.63. The molecule has 4 nitrogen and oxygen atoms in total. The quantitative estimate of drug-likeness (QED) is 0.484. The van der Waals surface area contributed by atoms with Crippen LogP contribution >= 0.6 is 48.0 Å². The molecule has 2 aromatic carbocycles. The number of aryl methyl sites for hydroxylation is 2. The van der Waals surface area contributed by atoms with Crippen LogP contribution in [0.4, 0.5) is 11.4 Å². The lowest BCUT2D eigenvalue weighted by Crippen LogP contribution is -2.29. The van der Waals surface area contributed by atoms with E-state index in [1.54, 1.807) is 0 Å². The highest BCUT2D eigenvalue weighted by atomic mass is 32.2. The van der Waals surface area contributed by atoms with Gasteiger partial charge in [-0.2, -0.15) is 0 Å². The minimum Gasteiger partial charge on any atom is -0.268 e. The predicted octanol–water partition coefficient (Wildman–Crippen LogP) is 4.94. The van der Waals surface area contributed by atoms with E-state index in [0.29, 0.717) is 29.8 Å². The summed E-state index contributed by atoms with van der Waals surface area (Å²) >= 11 is 13.1. The normalized spacial score (nSPS) is 19.9. The van der Waals surface area contributed by atoms with Gasteiger partial charge in [0.2, 0.25) is 0 Å². The van der Waals surface area contributed by atoms with Crippen molar-refractivity contribution < 1.29 is 9.59 Å². The Hall–Kier alpha value is -2.00. The first-order valence-corrected chi connectivity index (χ1v) is 10.8. The number of thioether (sulfide) groups is 2. The van der Waals surface area contributed by atoms with E-state index in [-0.39, 0.29) is 11.8 Å². The van der Waals surface area contributed by atoms with Gasteiger partial charge in [0.1, 0.15) is 0 Å². The van der Waals surface area contributed by atoms with E-state index in [4.69, 9.17) is 24.4 Å². The molecule has 0 aromatic heterocycles. The Morgan fingerprint density at radius 2 is 0.964 bits per heavy atom. The Labute approximate surface area is 182 Å². The average molecular weight is 443 g/mol. The van der Waals surface area contributed by atoms with Gasteiger partial charge < -0.3 is 0 Å². The predicted molar refractivity (Wildman–Crippen MR) is 125 cm³/mol. The zero-order valence-corrected chi connectivity index (χ0v) is 18.2. The molecule has 2 heterocycles. The minimum absolute atomic E-state index is 0.289. The number of benzene rings is 2. The van der Waals surface area contributed by atoms with Crippen LogP contribution in [0.5, 0.6) is 0 Å². The smallest absolute Gasteiger partial charge is 0.268 e. The van der Waals surface area contributed by atoms with Crippen LogP contribution in [0.2, 0.25) is 0 Å². The highest BCUT2D eigenvalue weighted by molar-refractivity contribution is 8.30. The Balaban J connectivity index is 1.69. The monoisotopic (exact) mass is 442 g/mol. The van der Waals surface area contributed by atoms with Crippen molar-refractivity contribution in [2.24, 2.45) is 0 Å². The van der Waals surface area contributed by atoms with E-state index in [0.717, 1.165) is 34.7 Å². The van der Waals surface area contributed by atoms with Crippen LogP contribution < -0.4 is 9.80 Å². The molecular formula is C20H14N2O2S4. The summed E-state index contributed by atoms with van der Waals surface area (Å²) in [5.41, 5.74) is 3.57. The van der Waals surface area contributed by atoms with Crippen molar-refractivity contribution in [2.75, 3.05) is 9.80 Å². The minimum atomic E-state index is -0.289. The third-order valence-corrected chi connectivity index (χ3v) is 7.20. The molecule has 0 bridgehead atoms. The fraction of sp³-hybridized carbons (Fsp3) is 0.100. The molecule has 28 heavy (non-hydrogen) atoms. The summed E-state index contributed by atoms with van der Waals surface area (Å²) < 4.78 is 0.814. The number of carbonyl (C=O) groups is 2. The number of amides is 2. The Morgan fingerprint density at radius 1 is 0.643 bits per heavy atom. The van der Waals surface area contributed by atoms with Crippen LogP contribution in [-0.2, 0) is 9.59 Å². The fourth-order valence-electron chi connectivity index (χ4n) is 2.84. The fourth-order valence-corrected chi connectivity index (χ4v) is 5.59. The molecule has 2 aromatic rings. The van der Waals surface area contributed by atoms with Gasteiger partial charge in [0.15, 0.2) is 8.64 Å². The largest absolute Gasteiger partial charge is 0.272 e. The van der Waals surface area contributed by atoms with E-state index in [1.165, 1.54) is 9.80 Å². The molecule has 2 aliphatic heterocycles. The zero-order valence-electron chi connectivity index (χ0n) is 15.0. The van der Waals surface area contributed by atoms with Gasteiger partial charge in [-0.3, -0.25) is 19.4 Å². The molecule has 0 radical (unpaired) electrons. The lowest BCUT2D eigenvalue weighted by atomic mass is 10.2. The second-order valence-electron chi connectivity index (χ2n) is 6.35. The molecule has 4 rings (SSSR count). The van der Waals surface area contributed by atoms with Crippen LogP contribution in [0.1, 0.15) is 11.1 Å². The first-order valence-electron chi connectivity index (χ1n) is 8.37. The number of anilines is 2. The number of nitrogens with zero attached hydrogens (tertiary/aromatic N) is 2. The van der Waals surface area contributed by atoms with Crippen LogP contribution in [0.3, 0.4) is 0 Å². The lowest BCUT2D eigenvalue weighted by Gasteiger charge is -2.15. The third-order valence-electron chi connectivity index (χ3n) is 4.33. The molecule has 0 N–H and O–H groups in total. The summed E-state index contributed by atoms with van der Waals surface area (Å²) in [6, 6.07) is 15.1. The molecule has 140 valence electrons. The van der Waals surface area contributed by atoms with Crippen LogP contribution in [0.25, 0.3) is 0 Å². The number of rotatable bonds is 2. The van der Waals surface area contributed by atoms with E-state index < -0.39 is 0 Å². The maximum absolute atomic E-state index is 13.1. The molecular weight excluding hydrogens is 429 g/mol. The van der Waals surface area contributed by atoms with E-state index in [9.17, 15) is 9.59 Å². The van der Waals surface area contributed by atoms with Crippen molar-refractivity contribution in [3.05, 3.63) is 69.5 Å². The van der Waals surface area contributed by atoms with Crippen LogP contribution in [0.15, 0.2) is 58.3 Å². The average Bonchev–Trinajstić information content (AvgIpc) is 3.12. The third kappa shape index (κ3) is 3.30. The topological polar surface area (TPSA) is 40.6 Å². The molecule has 2 fully saturated rings. The SMILES string of the molecule is Cc1ccc(N2C(=O)/C(=C3\SC(=S)N(c4ccc(C)cc4)C3=O)SC2=S)cc1. The van der Waals surface area contributed by atoms with Crippen molar-refractivity contribution in [3.63, 3.8) is 0 Å². The number of hydrogen-bond donors (Lipinski definition) is 0. The van der Waals surface area contributed by atoms with Gasteiger partial charge >= 0.3 is 0 Å². The molecule has 0 atom stereocenters. The molecule has 0 unspecified atom stereocenters. The lowest BCUT2D eigenvalue weighted by molar-refractivity contribution is -0.115. The molecule has 2 amide bonds. The molecule has 2 saturated heterocycles. The number of carbonyl (C=O) groups excluding carboxylic acids is 2. The first-order chi connectivity index (χ1) is 13.4. The van der Waals surface area contributed by atoms with Crippen molar-refractivity contribution in [3.8, 4) is 0 Å². The van der Waals surface area contributed by atoms with Gasteiger partial charge in [-0.05, 0) is 38.1 Å². The number of hydrogen-bond acceptors (Lipinski definition) is 6. The summed E-state index contributed by atoms with van der Waals surface area (Å²) in [7, 11) is 0. The van der Waals surface area contributed by atoms with E-state index >= 15 is 0 Å². The van der Waals surface area contributed by atoms with Crippen molar-refractivity contribution in [1.82, 2.24) is 0 Å². The maximum atomic E-state index is 13.1. The molecule has 0 spiro atoms. The van der Waals surface area contributed by atoms with Crippen LogP contribution in [0, 0.1) is 13.8 Å². The van der Waals surface area contributed by atoms with E-state index in [1.807, 2.05) is 62.4 Å². The summed E-state index contributed by atoms with van der Waals surface area (Å²) in [6.07, 6.45) is 0. The van der Waals surface area contributed by atoms with E-state index in [2.05, 4.69) is 0 Å². The zero-order chi connectivity index (χ0) is 20.0. The molecule has 8 heteroatoms. The van der Waals surface area contributed by atoms with Gasteiger partial charge in [0.05, 0.1) is 21.2 Å². The van der Waals surface area contributed by atoms with Gasteiger partial charge in [-0.1, -0.05) is 83.4 Å². The van der Waals surface area contributed by atoms with Crippen LogP contribution in [-0.4, -0.2) is 20.5 Å². The van der Waals surface area contributed by atoms with Gasteiger partial charge in [0.25, 0.3) is 11.8 Å². The summed E-state index contributed by atoms with van der Waals surface area (Å²) in [6.45, 7) is 3.95. The standard InChI is InChI=1S/C20H14N2O2S4/c1-11-3-7-13(8-4-11)21-17(23)15(27-19(21)25)16-18(24)22(20(26)28-16)14-9-5-12(2)6-10-14/h3-10H,1-2H3/b16-15+. The Morgan fingerprint density at radius 3 is 1.29 bits per heavy atom. The molecule has 0 aliphatic carbocycles. The molecule has 0 saturated carbocycles. The van der Waals surface area contributed by atoms with Crippen molar-refractivity contribution in [1.29, 1.82) is 0 Å². The summed E-state index contributed by atoms with van der Waals surface area (Å²) in [5.74, 6) is -0.577. The summed E-state index contributed by atoms with van der Waals surface area (Å²) in [4.78, 5) is 29.7. The number of thiocarbonyl (C=S) groups is 2. The second kappa shape index (κ2) is 7.44. The van der Waals surface area contributed by atoms with Gasteiger partial charge in [0, 0.05) is 0 Å². The molecule has 2 aliphatic rings. The first kappa shape index (κ1) is 19.3. The van der Waals surface area contributed by atoms with Crippen molar-refractivity contribution in [2.45, 2.75) is 13.8 Å². The Kier molecular flexibility index (Phi) is 5.13. The van der Waals surface area contributed by atoms with Gasteiger partial charge in [-0.15, -0.1) is 0 Å². The highest BCUT2D eigenvalue weighted by Crippen LogP contribution is 2.44. The Bertz CT molecular complexity index is 973. The van der Waals surface area contributed by atoms with Crippen molar-refractivity contribution >= 4 is 79.8 Å².